The lowest BCUT2D eigenvalue weighted by atomic mass is 9.87. The smallest absolute Gasteiger partial charge is 0.239 e. The Kier molecular flexibility index (Phi) is 3.51. The number of aromatic nitrogens is 2. The third kappa shape index (κ3) is 2.99. The van der Waals surface area contributed by atoms with Crippen molar-refractivity contribution in [2.24, 2.45) is 5.73 Å². The molecule has 1 unspecified atom stereocenters. The van der Waals surface area contributed by atoms with Gasteiger partial charge in [-0.05, 0) is 42.5 Å². The summed E-state index contributed by atoms with van der Waals surface area (Å²) in [4.78, 5) is 10.9. The monoisotopic (exact) mass is 286 g/mol. The molecular formula is C15H18N4O2. The first-order valence-electron chi connectivity index (χ1n) is 7.01. The summed E-state index contributed by atoms with van der Waals surface area (Å²) in [7, 11) is 0. The number of hydrogen-bond donors (Lipinski definition) is 3. The van der Waals surface area contributed by atoms with Gasteiger partial charge in [0.2, 0.25) is 5.91 Å². The molecule has 6 heteroatoms. The maximum atomic E-state index is 10.9. The summed E-state index contributed by atoms with van der Waals surface area (Å²) in [5.74, 6) is -0.105. The van der Waals surface area contributed by atoms with Crippen molar-refractivity contribution in [2.75, 3.05) is 5.32 Å². The number of nitrogens with two attached hydrogens (primary N) is 1. The Hall–Kier alpha value is -2.50. The van der Waals surface area contributed by atoms with E-state index in [1.807, 2.05) is 12.1 Å². The summed E-state index contributed by atoms with van der Waals surface area (Å²) in [5, 5.41) is 17.1. The SMILES string of the molecule is NC(=O)Cn1cc(NC2CCCc3cc(O)ccc32)cn1. The van der Waals surface area contributed by atoms with E-state index in [1.165, 1.54) is 15.8 Å². The summed E-state index contributed by atoms with van der Waals surface area (Å²) >= 11 is 0. The summed E-state index contributed by atoms with van der Waals surface area (Å²) in [6.07, 6.45) is 6.56. The molecule has 0 saturated heterocycles. The molecule has 3 rings (SSSR count). The number of hydrogen-bond acceptors (Lipinski definition) is 4. The van der Waals surface area contributed by atoms with E-state index in [0.717, 1.165) is 24.9 Å². The molecular weight excluding hydrogens is 268 g/mol. The van der Waals surface area contributed by atoms with Crippen LogP contribution in [-0.4, -0.2) is 20.8 Å². The molecule has 2 aromatic rings. The molecule has 1 atom stereocenters. The second-order valence-corrected chi connectivity index (χ2v) is 5.37. The average Bonchev–Trinajstić information content (AvgIpc) is 2.85. The Morgan fingerprint density at radius 2 is 2.38 bits per heavy atom. The fraction of sp³-hybridized carbons (Fsp3) is 0.333. The highest BCUT2D eigenvalue weighted by molar-refractivity contribution is 5.73. The highest BCUT2D eigenvalue weighted by Crippen LogP contribution is 2.34. The predicted molar refractivity (Wildman–Crippen MR) is 78.8 cm³/mol. The number of phenolic OH excluding ortho intramolecular Hbond substituents is 1. The third-order valence-electron chi connectivity index (χ3n) is 3.73. The number of nitrogens with zero attached hydrogens (tertiary/aromatic N) is 2. The minimum atomic E-state index is -0.414. The maximum Gasteiger partial charge on any atom is 0.239 e. The van der Waals surface area contributed by atoms with E-state index < -0.39 is 5.91 Å². The van der Waals surface area contributed by atoms with Crippen LogP contribution in [0.5, 0.6) is 5.75 Å². The molecule has 0 spiro atoms. The minimum Gasteiger partial charge on any atom is -0.508 e. The van der Waals surface area contributed by atoms with Crippen molar-refractivity contribution in [1.82, 2.24) is 9.78 Å². The number of anilines is 1. The van der Waals surface area contributed by atoms with Crippen molar-refractivity contribution in [3.05, 3.63) is 41.7 Å². The molecule has 1 amide bonds. The van der Waals surface area contributed by atoms with Crippen LogP contribution in [0, 0.1) is 0 Å². The molecule has 0 radical (unpaired) electrons. The second-order valence-electron chi connectivity index (χ2n) is 5.37. The fourth-order valence-electron chi connectivity index (χ4n) is 2.84. The topological polar surface area (TPSA) is 93.2 Å². The van der Waals surface area contributed by atoms with Gasteiger partial charge in [0.25, 0.3) is 0 Å². The normalized spacial score (nSPS) is 17.2. The molecule has 4 N–H and O–H groups in total. The van der Waals surface area contributed by atoms with Gasteiger partial charge in [-0.2, -0.15) is 5.10 Å². The number of amides is 1. The van der Waals surface area contributed by atoms with Crippen molar-refractivity contribution >= 4 is 11.6 Å². The fourth-order valence-corrected chi connectivity index (χ4v) is 2.84. The minimum absolute atomic E-state index is 0.0802. The Morgan fingerprint density at radius 1 is 1.52 bits per heavy atom. The van der Waals surface area contributed by atoms with Crippen LogP contribution in [0.15, 0.2) is 30.6 Å². The predicted octanol–water partition coefficient (Wildman–Crippen LogP) is 1.56. The van der Waals surface area contributed by atoms with Crippen LogP contribution in [0.1, 0.15) is 30.0 Å². The first-order chi connectivity index (χ1) is 10.1. The maximum absolute atomic E-state index is 10.9. The Bertz CT molecular complexity index is 665. The first kappa shape index (κ1) is 13.5. The van der Waals surface area contributed by atoms with Gasteiger partial charge in [0.1, 0.15) is 12.3 Å². The van der Waals surface area contributed by atoms with E-state index in [1.54, 1.807) is 18.5 Å². The molecule has 1 aliphatic carbocycles. The Morgan fingerprint density at radius 3 is 3.19 bits per heavy atom. The van der Waals surface area contributed by atoms with Crippen molar-refractivity contribution < 1.29 is 9.90 Å². The molecule has 1 aromatic heterocycles. The number of fused-ring (bicyclic) bond motifs is 1. The number of carbonyl (C=O) groups excluding carboxylic acids is 1. The molecule has 6 nitrogen and oxygen atoms in total. The Labute approximate surface area is 122 Å². The van der Waals surface area contributed by atoms with Gasteiger partial charge in [0, 0.05) is 6.20 Å². The Balaban J connectivity index is 1.77. The van der Waals surface area contributed by atoms with Gasteiger partial charge in [0.05, 0.1) is 17.9 Å². The van der Waals surface area contributed by atoms with Gasteiger partial charge in [-0.1, -0.05) is 6.07 Å². The van der Waals surface area contributed by atoms with E-state index in [2.05, 4.69) is 10.4 Å². The van der Waals surface area contributed by atoms with Crippen molar-refractivity contribution in [3.8, 4) is 5.75 Å². The van der Waals surface area contributed by atoms with Crippen LogP contribution >= 0.6 is 0 Å². The van der Waals surface area contributed by atoms with Crippen LogP contribution in [0.25, 0.3) is 0 Å². The lowest BCUT2D eigenvalue weighted by molar-refractivity contribution is -0.118. The van der Waals surface area contributed by atoms with Crippen LogP contribution < -0.4 is 11.1 Å². The van der Waals surface area contributed by atoms with Crippen molar-refractivity contribution in [3.63, 3.8) is 0 Å². The van der Waals surface area contributed by atoms with Gasteiger partial charge >= 0.3 is 0 Å². The molecule has 1 aliphatic rings. The van der Waals surface area contributed by atoms with Gasteiger partial charge in [-0.3, -0.25) is 9.48 Å². The first-order valence-corrected chi connectivity index (χ1v) is 7.01. The zero-order chi connectivity index (χ0) is 14.8. The molecule has 1 aromatic carbocycles. The third-order valence-corrected chi connectivity index (χ3v) is 3.73. The highest BCUT2D eigenvalue weighted by atomic mass is 16.3. The number of benzene rings is 1. The van der Waals surface area contributed by atoms with Crippen LogP contribution in [0.3, 0.4) is 0 Å². The lowest BCUT2D eigenvalue weighted by Gasteiger charge is -2.26. The number of rotatable bonds is 4. The van der Waals surface area contributed by atoms with E-state index in [4.69, 9.17) is 5.73 Å². The molecule has 0 fully saturated rings. The zero-order valence-corrected chi connectivity index (χ0v) is 11.6. The molecule has 1 heterocycles. The van der Waals surface area contributed by atoms with Crippen LogP contribution in [0.4, 0.5) is 5.69 Å². The van der Waals surface area contributed by atoms with E-state index in [-0.39, 0.29) is 12.6 Å². The molecule has 0 aliphatic heterocycles. The summed E-state index contributed by atoms with van der Waals surface area (Å²) < 4.78 is 1.52. The van der Waals surface area contributed by atoms with E-state index in [9.17, 15) is 9.90 Å². The molecule has 0 saturated carbocycles. The van der Waals surface area contributed by atoms with Crippen LogP contribution in [0.2, 0.25) is 0 Å². The summed E-state index contributed by atoms with van der Waals surface area (Å²) in [5.41, 5.74) is 8.41. The number of aryl methyl sites for hydroxylation is 1. The average molecular weight is 286 g/mol. The zero-order valence-electron chi connectivity index (χ0n) is 11.6. The van der Waals surface area contributed by atoms with Crippen LogP contribution in [-0.2, 0) is 17.8 Å². The van der Waals surface area contributed by atoms with Gasteiger partial charge in [-0.25, -0.2) is 0 Å². The highest BCUT2D eigenvalue weighted by Gasteiger charge is 2.20. The van der Waals surface area contributed by atoms with E-state index in [0.29, 0.717) is 5.75 Å². The number of nitrogens with one attached hydrogen (secondary N) is 1. The van der Waals surface area contributed by atoms with Gasteiger partial charge in [-0.15, -0.1) is 0 Å². The number of primary amides is 1. The number of carbonyl (C=O) groups is 1. The largest absolute Gasteiger partial charge is 0.508 e. The van der Waals surface area contributed by atoms with Gasteiger partial charge in [0.15, 0.2) is 0 Å². The lowest BCUT2D eigenvalue weighted by Crippen LogP contribution is -2.19. The van der Waals surface area contributed by atoms with Gasteiger partial charge < -0.3 is 16.2 Å². The summed E-state index contributed by atoms with van der Waals surface area (Å²) in [6.45, 7) is 0.0802. The van der Waals surface area contributed by atoms with E-state index >= 15 is 0 Å². The number of aromatic hydroxyl groups is 1. The molecule has 21 heavy (non-hydrogen) atoms. The van der Waals surface area contributed by atoms with Crippen molar-refractivity contribution in [2.45, 2.75) is 31.8 Å². The quantitative estimate of drug-likeness (QED) is 0.795. The van der Waals surface area contributed by atoms with Crippen molar-refractivity contribution in [1.29, 1.82) is 0 Å². The summed E-state index contributed by atoms with van der Waals surface area (Å²) in [6, 6.07) is 5.71. The molecule has 110 valence electrons. The molecule has 0 bridgehead atoms. The standard InChI is InChI=1S/C15H18N4O2/c16-15(21)9-19-8-11(7-17-19)18-14-3-1-2-10-6-12(20)4-5-13(10)14/h4-8,14,18,20H,1-3,9H2,(H2,16,21). The second kappa shape index (κ2) is 5.47. The number of phenols is 1.